The average Bonchev–Trinajstić information content (AvgIpc) is 2.78. The lowest BCUT2D eigenvalue weighted by Crippen LogP contribution is -2.47. The summed E-state index contributed by atoms with van der Waals surface area (Å²) in [5.74, 6) is 1.56. The maximum atomic E-state index is 4.77. The molecule has 0 spiro atoms. The normalized spacial score (nSPS) is 14.1. The molecule has 0 radical (unpaired) electrons. The standard InChI is InChI=1S/C22H27N7/c1-18-4-3-5-20(16-18)28-12-14-29(15-13-28)22-25-21(17-24-26-22)27(2)11-8-19-6-9-23-10-7-19/h3-7,9-10,16-17H,8,11-15H2,1-2H3. The minimum atomic E-state index is 0.710. The van der Waals surface area contributed by atoms with Crippen LogP contribution >= 0.6 is 0 Å². The van der Waals surface area contributed by atoms with Gasteiger partial charge in [0.05, 0.1) is 6.20 Å². The second-order valence-electron chi connectivity index (χ2n) is 7.45. The van der Waals surface area contributed by atoms with E-state index in [1.807, 2.05) is 31.6 Å². The maximum Gasteiger partial charge on any atom is 0.247 e. The molecule has 1 fully saturated rings. The number of anilines is 3. The Morgan fingerprint density at radius 1 is 1.00 bits per heavy atom. The maximum absolute atomic E-state index is 4.77. The number of hydrogen-bond donors (Lipinski definition) is 0. The van der Waals surface area contributed by atoms with Crippen LogP contribution in [0.25, 0.3) is 0 Å². The van der Waals surface area contributed by atoms with E-state index in [4.69, 9.17) is 4.98 Å². The van der Waals surface area contributed by atoms with Gasteiger partial charge in [0.15, 0.2) is 5.82 Å². The third-order valence-electron chi connectivity index (χ3n) is 5.34. The van der Waals surface area contributed by atoms with E-state index in [-0.39, 0.29) is 0 Å². The van der Waals surface area contributed by atoms with Gasteiger partial charge in [-0.3, -0.25) is 4.98 Å². The lowest BCUT2D eigenvalue weighted by atomic mass is 10.2. The smallest absolute Gasteiger partial charge is 0.247 e. The molecule has 3 heterocycles. The second kappa shape index (κ2) is 8.86. The zero-order chi connectivity index (χ0) is 20.1. The van der Waals surface area contributed by atoms with Crippen LogP contribution in [0.3, 0.4) is 0 Å². The van der Waals surface area contributed by atoms with Crippen molar-refractivity contribution < 1.29 is 0 Å². The van der Waals surface area contributed by atoms with Gasteiger partial charge >= 0.3 is 0 Å². The molecule has 3 aromatic rings. The Balaban J connectivity index is 1.36. The molecule has 0 amide bonds. The van der Waals surface area contributed by atoms with Gasteiger partial charge in [-0.15, -0.1) is 5.10 Å². The van der Waals surface area contributed by atoms with E-state index >= 15 is 0 Å². The molecule has 7 nitrogen and oxygen atoms in total. The summed E-state index contributed by atoms with van der Waals surface area (Å²) in [7, 11) is 2.05. The molecule has 0 unspecified atom stereocenters. The van der Waals surface area contributed by atoms with Gasteiger partial charge in [-0.1, -0.05) is 12.1 Å². The van der Waals surface area contributed by atoms with Gasteiger partial charge in [-0.25, -0.2) is 0 Å². The number of aryl methyl sites for hydroxylation is 1. The number of rotatable bonds is 6. The molecule has 1 aliphatic rings. The summed E-state index contributed by atoms with van der Waals surface area (Å²) >= 11 is 0. The summed E-state index contributed by atoms with van der Waals surface area (Å²) in [5.41, 5.74) is 3.84. The molecule has 0 atom stereocenters. The van der Waals surface area contributed by atoms with Crippen LogP contribution in [0.4, 0.5) is 17.5 Å². The number of likely N-dealkylation sites (N-methyl/N-ethyl adjacent to an activating group) is 1. The van der Waals surface area contributed by atoms with E-state index in [0.29, 0.717) is 5.95 Å². The molecule has 0 saturated carbocycles. The van der Waals surface area contributed by atoms with Crippen molar-refractivity contribution in [3.63, 3.8) is 0 Å². The molecule has 1 aromatic carbocycles. The average molecular weight is 390 g/mol. The van der Waals surface area contributed by atoms with E-state index < -0.39 is 0 Å². The van der Waals surface area contributed by atoms with Crippen LogP contribution in [0, 0.1) is 6.92 Å². The highest BCUT2D eigenvalue weighted by molar-refractivity contribution is 5.50. The van der Waals surface area contributed by atoms with Crippen molar-refractivity contribution in [3.8, 4) is 0 Å². The van der Waals surface area contributed by atoms with Crippen molar-refractivity contribution in [1.29, 1.82) is 0 Å². The van der Waals surface area contributed by atoms with Crippen molar-refractivity contribution in [2.45, 2.75) is 13.3 Å². The van der Waals surface area contributed by atoms with Gasteiger partial charge in [0.25, 0.3) is 0 Å². The Bertz CT molecular complexity index is 923. The van der Waals surface area contributed by atoms with E-state index in [1.54, 1.807) is 6.20 Å². The third-order valence-corrected chi connectivity index (χ3v) is 5.34. The van der Waals surface area contributed by atoms with Gasteiger partial charge in [0.1, 0.15) is 0 Å². The van der Waals surface area contributed by atoms with Crippen LogP contribution in [-0.2, 0) is 6.42 Å². The molecule has 0 aliphatic carbocycles. The first kappa shape index (κ1) is 19.1. The third kappa shape index (κ3) is 4.80. The Morgan fingerprint density at radius 3 is 2.52 bits per heavy atom. The molecule has 4 rings (SSSR count). The number of hydrogen-bond acceptors (Lipinski definition) is 7. The van der Waals surface area contributed by atoms with Crippen molar-refractivity contribution in [2.75, 3.05) is 54.5 Å². The molecule has 150 valence electrons. The monoisotopic (exact) mass is 389 g/mol. The van der Waals surface area contributed by atoms with Crippen LogP contribution in [-0.4, -0.2) is 59.9 Å². The fourth-order valence-electron chi connectivity index (χ4n) is 3.55. The molecular formula is C22H27N7. The summed E-state index contributed by atoms with van der Waals surface area (Å²) in [6.45, 7) is 6.68. The van der Waals surface area contributed by atoms with Crippen LogP contribution < -0.4 is 14.7 Å². The molecular weight excluding hydrogens is 362 g/mol. The molecule has 0 bridgehead atoms. The summed E-state index contributed by atoms with van der Waals surface area (Å²) in [4.78, 5) is 15.6. The molecule has 29 heavy (non-hydrogen) atoms. The van der Waals surface area contributed by atoms with E-state index in [1.165, 1.54) is 16.8 Å². The number of piperazine rings is 1. The minimum Gasteiger partial charge on any atom is -0.368 e. The summed E-state index contributed by atoms with van der Waals surface area (Å²) in [6.07, 6.45) is 6.33. The highest BCUT2D eigenvalue weighted by Gasteiger charge is 2.20. The molecule has 7 heteroatoms. The zero-order valence-electron chi connectivity index (χ0n) is 17.1. The highest BCUT2D eigenvalue weighted by atomic mass is 15.4. The first-order valence-corrected chi connectivity index (χ1v) is 10.1. The summed E-state index contributed by atoms with van der Waals surface area (Å²) < 4.78 is 0. The van der Waals surface area contributed by atoms with Gasteiger partial charge in [0, 0.05) is 57.9 Å². The van der Waals surface area contributed by atoms with Crippen molar-refractivity contribution in [2.24, 2.45) is 0 Å². The Morgan fingerprint density at radius 2 is 1.76 bits per heavy atom. The van der Waals surface area contributed by atoms with Crippen molar-refractivity contribution in [3.05, 3.63) is 66.1 Å². The number of pyridine rings is 1. The highest BCUT2D eigenvalue weighted by Crippen LogP contribution is 2.20. The van der Waals surface area contributed by atoms with E-state index in [0.717, 1.165) is 45.0 Å². The van der Waals surface area contributed by atoms with Crippen LogP contribution in [0.15, 0.2) is 55.0 Å². The lowest BCUT2D eigenvalue weighted by Gasteiger charge is -2.36. The predicted octanol–water partition coefficient (Wildman–Crippen LogP) is 2.58. The van der Waals surface area contributed by atoms with E-state index in [2.05, 4.69) is 61.1 Å². The van der Waals surface area contributed by atoms with Crippen LogP contribution in [0.2, 0.25) is 0 Å². The molecule has 2 aromatic heterocycles. The first-order chi connectivity index (χ1) is 14.2. The van der Waals surface area contributed by atoms with Crippen LogP contribution in [0.5, 0.6) is 0 Å². The predicted molar refractivity (Wildman–Crippen MR) is 117 cm³/mol. The number of benzene rings is 1. The quantitative estimate of drug-likeness (QED) is 0.642. The molecule has 1 saturated heterocycles. The SMILES string of the molecule is Cc1cccc(N2CCN(c3nncc(N(C)CCc4ccncc4)n3)CC2)c1. The minimum absolute atomic E-state index is 0.710. The topological polar surface area (TPSA) is 61.3 Å². The van der Waals surface area contributed by atoms with Gasteiger partial charge in [-0.05, 0) is 48.7 Å². The summed E-state index contributed by atoms with van der Waals surface area (Å²) in [6, 6.07) is 12.8. The molecule has 0 N–H and O–H groups in total. The fourth-order valence-corrected chi connectivity index (χ4v) is 3.55. The van der Waals surface area contributed by atoms with Crippen LogP contribution in [0.1, 0.15) is 11.1 Å². The van der Waals surface area contributed by atoms with Gasteiger partial charge in [0.2, 0.25) is 5.95 Å². The first-order valence-electron chi connectivity index (χ1n) is 10.1. The van der Waals surface area contributed by atoms with Crippen molar-refractivity contribution >= 4 is 17.5 Å². The zero-order valence-corrected chi connectivity index (χ0v) is 17.1. The number of nitrogens with zero attached hydrogens (tertiary/aromatic N) is 7. The van der Waals surface area contributed by atoms with Crippen molar-refractivity contribution in [1.82, 2.24) is 20.2 Å². The fraction of sp³-hybridized carbons (Fsp3) is 0.364. The van der Waals surface area contributed by atoms with Gasteiger partial charge < -0.3 is 14.7 Å². The van der Waals surface area contributed by atoms with E-state index in [9.17, 15) is 0 Å². The van der Waals surface area contributed by atoms with Gasteiger partial charge in [-0.2, -0.15) is 10.1 Å². The Hall–Kier alpha value is -3.22. The second-order valence-corrected chi connectivity index (χ2v) is 7.45. The Labute approximate surface area is 172 Å². The number of aromatic nitrogens is 4. The lowest BCUT2D eigenvalue weighted by molar-refractivity contribution is 0.634. The summed E-state index contributed by atoms with van der Waals surface area (Å²) in [5, 5.41) is 8.49. The molecule has 1 aliphatic heterocycles. The largest absolute Gasteiger partial charge is 0.368 e. The Kier molecular flexibility index (Phi) is 5.84.